The first-order valence-corrected chi connectivity index (χ1v) is 6.59. The number of rotatable bonds is 0. The second kappa shape index (κ2) is 3.46. The van der Waals surface area contributed by atoms with Crippen LogP contribution in [0.3, 0.4) is 0 Å². The van der Waals surface area contributed by atoms with Gasteiger partial charge in [0.15, 0.2) is 0 Å². The Morgan fingerprint density at radius 2 is 1.94 bits per heavy atom. The second-order valence-corrected chi connectivity index (χ2v) is 5.09. The average molecular weight is 224 g/mol. The van der Waals surface area contributed by atoms with Crippen LogP contribution in [0.4, 0.5) is 5.69 Å². The molecular formula is C15H16N2. The highest BCUT2D eigenvalue weighted by Crippen LogP contribution is 2.42. The molecule has 2 nitrogen and oxygen atoms in total. The van der Waals surface area contributed by atoms with Crippen molar-refractivity contribution in [3.8, 4) is 0 Å². The Bertz CT molecular complexity index is 540. The molecular weight excluding hydrogens is 208 g/mol. The summed E-state index contributed by atoms with van der Waals surface area (Å²) in [5.74, 6) is 0. The maximum Gasteiger partial charge on any atom is 0.0712 e. The number of fused-ring (bicyclic) bond motifs is 4. The van der Waals surface area contributed by atoms with Gasteiger partial charge < -0.3 is 4.90 Å². The summed E-state index contributed by atoms with van der Waals surface area (Å²) in [6.45, 7) is 2.42. The van der Waals surface area contributed by atoms with Crippen molar-refractivity contribution in [2.75, 3.05) is 13.1 Å². The van der Waals surface area contributed by atoms with Gasteiger partial charge in [0.25, 0.3) is 0 Å². The van der Waals surface area contributed by atoms with Gasteiger partial charge in [0.2, 0.25) is 0 Å². The largest absolute Gasteiger partial charge is 0.374 e. The molecule has 3 aliphatic heterocycles. The zero-order valence-electron chi connectivity index (χ0n) is 9.95. The van der Waals surface area contributed by atoms with E-state index in [4.69, 9.17) is 4.99 Å². The van der Waals surface area contributed by atoms with Crippen molar-refractivity contribution in [3.63, 3.8) is 0 Å². The van der Waals surface area contributed by atoms with Gasteiger partial charge in [-0.2, -0.15) is 0 Å². The van der Waals surface area contributed by atoms with Gasteiger partial charge in [0, 0.05) is 36.3 Å². The highest BCUT2D eigenvalue weighted by atomic mass is 15.2. The van der Waals surface area contributed by atoms with Gasteiger partial charge in [-0.1, -0.05) is 18.2 Å². The van der Waals surface area contributed by atoms with Gasteiger partial charge in [0.05, 0.1) is 11.4 Å². The van der Waals surface area contributed by atoms with E-state index in [1.807, 2.05) is 0 Å². The number of nitrogens with zero attached hydrogens (tertiary/aromatic N) is 2. The summed E-state index contributed by atoms with van der Waals surface area (Å²) < 4.78 is 0. The van der Waals surface area contributed by atoms with Crippen LogP contribution in [0.5, 0.6) is 0 Å². The number of allylic oxidation sites excluding steroid dienone is 2. The predicted octanol–water partition coefficient (Wildman–Crippen LogP) is 3.37. The molecule has 86 valence electrons. The lowest BCUT2D eigenvalue weighted by atomic mass is 9.90. The minimum atomic E-state index is 1.12. The number of benzene rings is 1. The van der Waals surface area contributed by atoms with Gasteiger partial charge in [0.1, 0.15) is 0 Å². The molecule has 1 aromatic carbocycles. The number of aliphatic imine (C=N–C) groups is 1. The van der Waals surface area contributed by atoms with Crippen molar-refractivity contribution in [1.82, 2.24) is 4.90 Å². The summed E-state index contributed by atoms with van der Waals surface area (Å²) in [6, 6.07) is 8.59. The summed E-state index contributed by atoms with van der Waals surface area (Å²) in [4.78, 5) is 7.38. The fraction of sp³-hybridized carbons (Fsp3) is 0.400. The molecule has 0 N–H and O–H groups in total. The van der Waals surface area contributed by atoms with E-state index in [9.17, 15) is 0 Å². The molecule has 3 aliphatic rings. The molecule has 1 aromatic rings. The summed E-state index contributed by atoms with van der Waals surface area (Å²) >= 11 is 0. The molecule has 1 saturated heterocycles. The maximum atomic E-state index is 4.80. The van der Waals surface area contributed by atoms with Crippen molar-refractivity contribution in [2.24, 2.45) is 4.99 Å². The van der Waals surface area contributed by atoms with Crippen molar-refractivity contribution in [3.05, 3.63) is 35.5 Å². The highest BCUT2D eigenvalue weighted by Gasteiger charge is 2.31. The topological polar surface area (TPSA) is 15.6 Å². The fourth-order valence-electron chi connectivity index (χ4n) is 3.30. The summed E-state index contributed by atoms with van der Waals surface area (Å²) in [7, 11) is 0. The van der Waals surface area contributed by atoms with Gasteiger partial charge in [-0.25, -0.2) is 0 Å². The predicted molar refractivity (Wildman–Crippen MR) is 70.5 cm³/mol. The number of hydrogen-bond donors (Lipinski definition) is 0. The number of hydrogen-bond acceptors (Lipinski definition) is 2. The molecule has 2 heteroatoms. The van der Waals surface area contributed by atoms with Crippen LogP contribution in [0.1, 0.15) is 31.2 Å². The highest BCUT2D eigenvalue weighted by molar-refractivity contribution is 6.30. The first-order valence-electron chi connectivity index (χ1n) is 6.59. The van der Waals surface area contributed by atoms with Crippen LogP contribution in [-0.4, -0.2) is 23.7 Å². The number of piperidine rings is 1. The first kappa shape index (κ1) is 9.46. The van der Waals surface area contributed by atoms with E-state index in [1.54, 1.807) is 5.70 Å². The SMILES string of the molecule is c1ccc2c(c1)N=C1CCN3CCCCC3=C12. The van der Waals surface area contributed by atoms with E-state index < -0.39 is 0 Å². The van der Waals surface area contributed by atoms with E-state index in [2.05, 4.69) is 29.2 Å². The molecule has 0 atom stereocenters. The maximum absolute atomic E-state index is 4.80. The van der Waals surface area contributed by atoms with E-state index in [0.29, 0.717) is 0 Å². The Labute approximate surface area is 102 Å². The van der Waals surface area contributed by atoms with E-state index in [-0.39, 0.29) is 0 Å². The fourth-order valence-corrected chi connectivity index (χ4v) is 3.30. The monoisotopic (exact) mass is 224 g/mol. The standard InChI is InChI=1S/C15H16N2/c1-2-6-12-11(5-1)15-13(16-12)8-10-17-9-4-3-7-14(15)17/h1-2,5-6H,3-4,7-10H2. The molecule has 0 aromatic heterocycles. The molecule has 1 fully saturated rings. The lowest BCUT2D eigenvalue weighted by molar-refractivity contribution is 0.295. The third-order valence-electron chi connectivity index (χ3n) is 4.10. The van der Waals surface area contributed by atoms with Crippen molar-refractivity contribution >= 4 is 17.0 Å². The Morgan fingerprint density at radius 1 is 1.00 bits per heavy atom. The van der Waals surface area contributed by atoms with Crippen molar-refractivity contribution in [1.29, 1.82) is 0 Å². The van der Waals surface area contributed by atoms with Crippen molar-refractivity contribution in [2.45, 2.75) is 25.7 Å². The van der Waals surface area contributed by atoms with Crippen LogP contribution in [0.15, 0.2) is 35.0 Å². The molecule has 0 spiro atoms. The molecule has 0 radical (unpaired) electrons. The van der Waals surface area contributed by atoms with E-state index in [0.717, 1.165) is 6.42 Å². The van der Waals surface area contributed by atoms with Crippen LogP contribution < -0.4 is 0 Å². The molecule has 4 rings (SSSR count). The first-order chi connectivity index (χ1) is 8.43. The van der Waals surface area contributed by atoms with Crippen molar-refractivity contribution < 1.29 is 0 Å². The normalized spacial score (nSPS) is 21.9. The van der Waals surface area contributed by atoms with E-state index >= 15 is 0 Å². The third kappa shape index (κ3) is 1.30. The molecule has 0 amide bonds. The third-order valence-corrected chi connectivity index (χ3v) is 4.10. The minimum Gasteiger partial charge on any atom is -0.374 e. The van der Waals surface area contributed by atoms with Gasteiger partial charge in [-0.3, -0.25) is 4.99 Å². The van der Waals surface area contributed by atoms with Crippen LogP contribution in [-0.2, 0) is 0 Å². The van der Waals surface area contributed by atoms with Crippen LogP contribution >= 0.6 is 0 Å². The molecule has 0 bridgehead atoms. The van der Waals surface area contributed by atoms with Crippen LogP contribution in [0.25, 0.3) is 5.57 Å². The second-order valence-electron chi connectivity index (χ2n) is 5.09. The zero-order valence-corrected chi connectivity index (χ0v) is 9.95. The Hall–Kier alpha value is -1.57. The smallest absolute Gasteiger partial charge is 0.0712 e. The molecule has 0 unspecified atom stereocenters. The Kier molecular flexibility index (Phi) is 1.92. The summed E-state index contributed by atoms with van der Waals surface area (Å²) in [5, 5.41) is 0. The molecule has 0 aliphatic carbocycles. The van der Waals surface area contributed by atoms with Gasteiger partial charge in [-0.15, -0.1) is 0 Å². The lowest BCUT2D eigenvalue weighted by Gasteiger charge is -2.36. The van der Waals surface area contributed by atoms with Gasteiger partial charge >= 0.3 is 0 Å². The zero-order chi connectivity index (χ0) is 11.2. The van der Waals surface area contributed by atoms with Gasteiger partial charge in [-0.05, 0) is 25.3 Å². The molecule has 17 heavy (non-hydrogen) atoms. The molecule has 3 heterocycles. The summed E-state index contributed by atoms with van der Waals surface area (Å²) in [5.41, 5.74) is 6.90. The average Bonchev–Trinajstić information content (AvgIpc) is 2.77. The molecule has 0 saturated carbocycles. The lowest BCUT2D eigenvalue weighted by Crippen LogP contribution is -2.35. The quantitative estimate of drug-likeness (QED) is 0.659. The van der Waals surface area contributed by atoms with Crippen LogP contribution in [0.2, 0.25) is 0 Å². The Balaban J connectivity index is 1.93. The Morgan fingerprint density at radius 3 is 2.94 bits per heavy atom. The van der Waals surface area contributed by atoms with Crippen LogP contribution in [0, 0.1) is 0 Å². The number of para-hydroxylation sites is 1. The van der Waals surface area contributed by atoms with E-state index in [1.165, 1.54) is 54.9 Å². The minimum absolute atomic E-state index is 1.12. The summed E-state index contributed by atoms with van der Waals surface area (Å²) in [6.07, 6.45) is 5.05.